The van der Waals surface area contributed by atoms with Crippen LogP contribution in [-0.4, -0.2) is 102 Å². The van der Waals surface area contributed by atoms with Gasteiger partial charge in [-0.1, -0.05) is 18.2 Å². The second kappa shape index (κ2) is 16.8. The first-order valence-electron chi connectivity index (χ1n) is 17.3. The van der Waals surface area contributed by atoms with Gasteiger partial charge in [-0.05, 0) is 58.0 Å². The van der Waals surface area contributed by atoms with Gasteiger partial charge in [0.25, 0.3) is 0 Å². The van der Waals surface area contributed by atoms with Crippen LogP contribution in [0.25, 0.3) is 0 Å². The Balaban J connectivity index is 1.70. The van der Waals surface area contributed by atoms with Crippen LogP contribution in [0.4, 0.5) is 0 Å². The van der Waals surface area contributed by atoms with Gasteiger partial charge in [0.2, 0.25) is 0 Å². The fraction of sp³-hybridized carbons (Fsp3) is 0.395. The van der Waals surface area contributed by atoms with Crippen LogP contribution >= 0.6 is 0 Å². The second-order valence-corrected chi connectivity index (χ2v) is 12.1. The van der Waals surface area contributed by atoms with Crippen LogP contribution < -0.4 is 4.74 Å². The lowest BCUT2D eigenvalue weighted by Crippen LogP contribution is -2.38. The van der Waals surface area contributed by atoms with E-state index in [-0.39, 0.29) is 105 Å². The van der Waals surface area contributed by atoms with E-state index in [1.165, 1.54) is 21.9 Å². The number of carbonyl (C=O) groups is 5. The van der Waals surface area contributed by atoms with Crippen LogP contribution in [-0.2, 0) is 61.6 Å². The van der Waals surface area contributed by atoms with Gasteiger partial charge in [0.15, 0.2) is 5.60 Å². The summed E-state index contributed by atoms with van der Waals surface area (Å²) in [6.07, 6.45) is 0. The third kappa shape index (κ3) is 8.05. The number of hydrogen-bond acceptors (Lipinski definition) is 15. The number of benzene rings is 3. The summed E-state index contributed by atoms with van der Waals surface area (Å²) in [5.41, 5.74) is -0.0787. The van der Waals surface area contributed by atoms with Crippen LogP contribution in [0.5, 0.6) is 23.0 Å². The van der Waals surface area contributed by atoms with E-state index in [2.05, 4.69) is 0 Å². The maximum atomic E-state index is 13.6. The van der Waals surface area contributed by atoms with E-state index < -0.39 is 35.4 Å². The standard InChI is InChI=1S/C38H42N2O13/c1-5-48-31(43)19-39(20-32(44)49-6-2)17-24-29(41)15-13-27-35(24)52-36-25(18-40(21-33(45)50-7-3)22-34(46)51-8-4)30(42)16-14-28(36)38(27)26-12-10-9-11-23(26)37(47)53-38/h9-16,41-42H,5-8,17-22H2,1-4H3. The van der Waals surface area contributed by atoms with Gasteiger partial charge in [-0.3, -0.25) is 29.0 Å². The summed E-state index contributed by atoms with van der Waals surface area (Å²) in [6, 6.07) is 12.7. The molecule has 15 heteroatoms. The van der Waals surface area contributed by atoms with Crippen molar-refractivity contribution >= 4 is 29.8 Å². The summed E-state index contributed by atoms with van der Waals surface area (Å²) in [4.78, 5) is 67.0. The van der Waals surface area contributed by atoms with Crippen LogP contribution in [0.3, 0.4) is 0 Å². The van der Waals surface area contributed by atoms with Crippen molar-refractivity contribution in [1.29, 1.82) is 0 Å². The molecule has 0 bridgehead atoms. The quantitative estimate of drug-likeness (QED) is 0.161. The minimum Gasteiger partial charge on any atom is -0.507 e. The topological polar surface area (TPSA) is 188 Å². The SMILES string of the molecule is CCOC(=O)CN(CC(=O)OCC)Cc1c(O)ccc2c1Oc1c(ccc(O)c1CN(CC(=O)OCC)CC(=O)OCC)C21OC(=O)c2ccccc21. The third-order valence-electron chi connectivity index (χ3n) is 8.60. The molecule has 0 fully saturated rings. The first kappa shape index (κ1) is 38.6. The Kier molecular flexibility index (Phi) is 12.2. The van der Waals surface area contributed by atoms with Crippen molar-refractivity contribution in [3.05, 3.63) is 81.9 Å². The van der Waals surface area contributed by atoms with E-state index in [0.717, 1.165) is 0 Å². The molecule has 15 nitrogen and oxygen atoms in total. The Hall–Kier alpha value is -5.67. The molecule has 0 saturated carbocycles. The summed E-state index contributed by atoms with van der Waals surface area (Å²) >= 11 is 0. The Labute approximate surface area is 305 Å². The van der Waals surface area contributed by atoms with E-state index in [1.807, 2.05) is 0 Å². The van der Waals surface area contributed by atoms with Crippen molar-refractivity contribution in [2.24, 2.45) is 0 Å². The molecule has 2 aliphatic heterocycles. The molecule has 53 heavy (non-hydrogen) atoms. The third-order valence-corrected chi connectivity index (χ3v) is 8.60. The zero-order valence-electron chi connectivity index (χ0n) is 30.0. The van der Waals surface area contributed by atoms with Gasteiger partial charge in [-0.25, -0.2) is 4.79 Å². The average Bonchev–Trinajstić information content (AvgIpc) is 3.39. The van der Waals surface area contributed by atoms with Crippen molar-refractivity contribution in [3.8, 4) is 23.0 Å². The molecule has 3 aromatic rings. The first-order chi connectivity index (χ1) is 25.5. The highest BCUT2D eigenvalue weighted by molar-refractivity contribution is 5.97. The maximum Gasteiger partial charge on any atom is 0.340 e. The van der Waals surface area contributed by atoms with Crippen LogP contribution in [0.15, 0.2) is 48.5 Å². The molecule has 0 radical (unpaired) electrons. The van der Waals surface area contributed by atoms with Crippen molar-refractivity contribution in [2.45, 2.75) is 46.4 Å². The van der Waals surface area contributed by atoms with Crippen LogP contribution in [0.2, 0.25) is 0 Å². The van der Waals surface area contributed by atoms with Crippen molar-refractivity contribution in [1.82, 2.24) is 9.80 Å². The molecule has 0 unspecified atom stereocenters. The van der Waals surface area contributed by atoms with E-state index in [9.17, 15) is 34.2 Å². The van der Waals surface area contributed by atoms with E-state index in [1.54, 1.807) is 64.1 Å². The van der Waals surface area contributed by atoms with Crippen LogP contribution in [0.1, 0.15) is 65.9 Å². The number of esters is 5. The molecule has 0 amide bonds. The Morgan fingerprint density at radius 3 is 1.40 bits per heavy atom. The molecular formula is C38H42N2O13. The van der Waals surface area contributed by atoms with Crippen molar-refractivity contribution < 1.29 is 62.6 Å². The van der Waals surface area contributed by atoms with Gasteiger partial charge < -0.3 is 38.6 Å². The van der Waals surface area contributed by atoms with Crippen molar-refractivity contribution in [3.63, 3.8) is 0 Å². The van der Waals surface area contributed by atoms with Gasteiger partial charge in [-0.2, -0.15) is 0 Å². The van der Waals surface area contributed by atoms with Gasteiger partial charge in [0.05, 0.1) is 69.3 Å². The highest BCUT2D eigenvalue weighted by Gasteiger charge is 2.55. The molecule has 5 rings (SSSR count). The van der Waals surface area contributed by atoms with E-state index in [4.69, 9.17) is 28.4 Å². The maximum absolute atomic E-state index is 13.6. The fourth-order valence-electron chi connectivity index (χ4n) is 6.53. The number of phenolic OH excluding ortho intramolecular Hbond substituents is 2. The van der Waals surface area contributed by atoms with Gasteiger partial charge in [-0.15, -0.1) is 0 Å². The average molecular weight is 735 g/mol. The zero-order valence-corrected chi connectivity index (χ0v) is 30.0. The molecule has 2 aliphatic rings. The summed E-state index contributed by atoms with van der Waals surface area (Å²) in [7, 11) is 0. The lowest BCUT2D eigenvalue weighted by Gasteiger charge is -2.39. The predicted octanol–water partition coefficient (Wildman–Crippen LogP) is 3.52. The predicted molar refractivity (Wildman–Crippen MR) is 185 cm³/mol. The number of ether oxygens (including phenoxy) is 6. The monoisotopic (exact) mass is 734 g/mol. The molecule has 0 saturated heterocycles. The molecule has 0 aliphatic carbocycles. The fourth-order valence-corrected chi connectivity index (χ4v) is 6.53. The molecule has 0 atom stereocenters. The van der Waals surface area contributed by atoms with Gasteiger partial charge in [0, 0.05) is 29.8 Å². The molecule has 282 valence electrons. The number of rotatable bonds is 16. The van der Waals surface area contributed by atoms with Crippen LogP contribution in [0, 0.1) is 0 Å². The summed E-state index contributed by atoms with van der Waals surface area (Å²) in [5.74, 6) is -3.65. The lowest BCUT2D eigenvalue weighted by atomic mass is 9.76. The molecule has 0 aromatic heterocycles. The van der Waals surface area contributed by atoms with E-state index in [0.29, 0.717) is 16.7 Å². The number of aromatic hydroxyl groups is 2. The number of hydrogen-bond donors (Lipinski definition) is 2. The molecule has 2 N–H and O–H groups in total. The smallest absolute Gasteiger partial charge is 0.340 e. The summed E-state index contributed by atoms with van der Waals surface area (Å²) in [5, 5.41) is 22.8. The normalized spacial score (nSPS) is 13.4. The Bertz CT molecular complexity index is 1750. The molecule has 1 spiro atoms. The molecular weight excluding hydrogens is 692 g/mol. The van der Waals surface area contributed by atoms with Crippen molar-refractivity contribution in [2.75, 3.05) is 52.6 Å². The lowest BCUT2D eigenvalue weighted by molar-refractivity contribution is -0.150. The number of carbonyl (C=O) groups excluding carboxylic acids is 5. The minimum absolute atomic E-state index is 0.0221. The molecule has 3 aromatic carbocycles. The Morgan fingerprint density at radius 2 is 1.00 bits per heavy atom. The van der Waals surface area contributed by atoms with Gasteiger partial charge >= 0.3 is 29.8 Å². The van der Waals surface area contributed by atoms with Gasteiger partial charge in [0.1, 0.15) is 23.0 Å². The minimum atomic E-state index is -1.66. The largest absolute Gasteiger partial charge is 0.507 e. The number of fused-ring (bicyclic) bond motifs is 6. The highest BCUT2D eigenvalue weighted by Crippen LogP contribution is 2.59. The molecule has 2 heterocycles. The first-order valence-corrected chi connectivity index (χ1v) is 17.3. The summed E-state index contributed by atoms with van der Waals surface area (Å²) in [6.45, 7) is 5.10. The second-order valence-electron chi connectivity index (χ2n) is 12.1. The van der Waals surface area contributed by atoms with E-state index >= 15 is 0 Å². The number of phenols is 2. The zero-order chi connectivity index (χ0) is 38.3. The summed E-state index contributed by atoms with van der Waals surface area (Å²) < 4.78 is 33.5. The Morgan fingerprint density at radius 1 is 0.604 bits per heavy atom. The highest BCUT2D eigenvalue weighted by atomic mass is 16.6. The number of nitrogens with zero attached hydrogens (tertiary/aromatic N) is 2.